The molecule has 2 atom stereocenters. The van der Waals surface area contributed by atoms with Crippen molar-refractivity contribution in [1.82, 2.24) is 0 Å². The van der Waals surface area contributed by atoms with E-state index < -0.39 is 26.5 Å². The first-order valence-electron chi connectivity index (χ1n) is 26.3. The van der Waals surface area contributed by atoms with Crippen molar-refractivity contribution in [1.29, 1.82) is 0 Å². The highest BCUT2D eigenvalue weighted by Gasteiger charge is 2.26. The number of phosphoric ester groups is 1. The highest BCUT2D eigenvalue weighted by atomic mass is 31.2. The van der Waals surface area contributed by atoms with Crippen molar-refractivity contribution < 1.29 is 37.6 Å². The molecule has 0 aromatic rings. The van der Waals surface area contributed by atoms with Gasteiger partial charge in [0.25, 0.3) is 0 Å². The number of allylic oxidation sites excluding steroid dienone is 10. The average molecular weight is 920 g/mol. The molecule has 9 nitrogen and oxygen atoms in total. The minimum absolute atomic E-state index is 0.0536. The molecule has 0 spiro atoms. The van der Waals surface area contributed by atoms with Gasteiger partial charge in [0.05, 0.1) is 13.2 Å². The molecule has 2 unspecified atom stereocenters. The van der Waals surface area contributed by atoms with Crippen molar-refractivity contribution in [2.45, 2.75) is 245 Å². The Morgan fingerprint density at radius 1 is 0.484 bits per heavy atom. The van der Waals surface area contributed by atoms with E-state index in [2.05, 4.69) is 74.6 Å². The lowest BCUT2D eigenvalue weighted by Gasteiger charge is -2.19. The molecule has 3 N–H and O–H groups in total. The van der Waals surface area contributed by atoms with Crippen LogP contribution in [0, 0.1) is 0 Å². The highest BCUT2D eigenvalue weighted by Crippen LogP contribution is 2.43. The van der Waals surface area contributed by atoms with Gasteiger partial charge in [-0.25, -0.2) is 4.57 Å². The van der Waals surface area contributed by atoms with Crippen LogP contribution in [0.4, 0.5) is 0 Å². The number of phosphoric acid groups is 1. The third kappa shape index (κ3) is 49.2. The lowest BCUT2D eigenvalue weighted by Crippen LogP contribution is -2.29. The average Bonchev–Trinajstić information content (AvgIpc) is 3.28. The van der Waals surface area contributed by atoms with E-state index in [9.17, 15) is 19.0 Å². The first-order valence-corrected chi connectivity index (χ1v) is 27.8. The van der Waals surface area contributed by atoms with Gasteiger partial charge in [-0.1, -0.05) is 229 Å². The van der Waals surface area contributed by atoms with Crippen molar-refractivity contribution in [2.75, 3.05) is 26.4 Å². The van der Waals surface area contributed by atoms with Crippen LogP contribution in [0.25, 0.3) is 0 Å². The lowest BCUT2D eigenvalue weighted by molar-refractivity contribution is -0.161. The third-order valence-electron chi connectivity index (χ3n) is 11.2. The number of unbranched alkanes of at least 4 members (excludes halogenated alkanes) is 26. The molecule has 0 aromatic carbocycles. The molecule has 372 valence electrons. The normalized spacial score (nSPS) is 13.6. The van der Waals surface area contributed by atoms with Crippen LogP contribution in [-0.2, 0) is 32.7 Å². The Morgan fingerprint density at radius 3 is 1.28 bits per heavy atom. The Kier molecular flexibility index (Phi) is 48.3. The summed E-state index contributed by atoms with van der Waals surface area (Å²) in [6, 6.07) is 0. The van der Waals surface area contributed by atoms with Gasteiger partial charge in [-0.05, 0) is 57.8 Å². The zero-order valence-corrected chi connectivity index (χ0v) is 42.2. The summed E-state index contributed by atoms with van der Waals surface area (Å²) in [4.78, 5) is 35.0. The van der Waals surface area contributed by atoms with Crippen LogP contribution in [0.3, 0.4) is 0 Å². The van der Waals surface area contributed by atoms with E-state index in [0.717, 1.165) is 70.6 Å². The summed E-state index contributed by atoms with van der Waals surface area (Å²) in [5.74, 6) is -0.822. The van der Waals surface area contributed by atoms with E-state index in [1.54, 1.807) is 0 Å². The van der Waals surface area contributed by atoms with Crippen LogP contribution in [0.2, 0.25) is 0 Å². The van der Waals surface area contributed by atoms with E-state index in [-0.39, 0.29) is 38.6 Å². The van der Waals surface area contributed by atoms with Gasteiger partial charge in [-0.15, -0.1) is 0 Å². The summed E-state index contributed by atoms with van der Waals surface area (Å²) in [5, 5.41) is 0. The Bertz CT molecular complexity index is 1230. The minimum Gasteiger partial charge on any atom is -0.462 e. The Hall–Kier alpha value is -2.29. The molecule has 0 aliphatic heterocycles. The van der Waals surface area contributed by atoms with Crippen LogP contribution in [-0.4, -0.2) is 49.3 Å². The van der Waals surface area contributed by atoms with Gasteiger partial charge in [-0.3, -0.25) is 18.6 Å². The summed E-state index contributed by atoms with van der Waals surface area (Å²) in [5.41, 5.74) is 5.36. The molecular formula is C54H98NO8P. The second-order valence-corrected chi connectivity index (χ2v) is 18.8. The predicted octanol–water partition coefficient (Wildman–Crippen LogP) is 16.0. The van der Waals surface area contributed by atoms with Crippen LogP contribution in [0.5, 0.6) is 0 Å². The minimum atomic E-state index is -4.38. The van der Waals surface area contributed by atoms with E-state index in [1.165, 1.54) is 135 Å². The van der Waals surface area contributed by atoms with Crippen molar-refractivity contribution in [2.24, 2.45) is 5.73 Å². The topological polar surface area (TPSA) is 134 Å². The number of rotatable bonds is 49. The number of ether oxygens (including phenoxy) is 2. The molecule has 0 saturated heterocycles. The molecule has 0 fully saturated rings. The molecule has 10 heteroatoms. The van der Waals surface area contributed by atoms with E-state index in [1.807, 2.05) is 0 Å². The fraction of sp³-hybridized carbons (Fsp3) is 0.778. The molecule has 0 radical (unpaired) electrons. The summed E-state index contributed by atoms with van der Waals surface area (Å²) < 4.78 is 32.9. The number of hydrogen-bond donors (Lipinski definition) is 2. The van der Waals surface area contributed by atoms with E-state index >= 15 is 0 Å². The molecule has 0 saturated carbocycles. The van der Waals surface area contributed by atoms with Gasteiger partial charge in [0.1, 0.15) is 6.61 Å². The van der Waals surface area contributed by atoms with Crippen molar-refractivity contribution in [3.8, 4) is 0 Å². The first-order chi connectivity index (χ1) is 31.3. The Labute approximate surface area is 393 Å². The van der Waals surface area contributed by atoms with Crippen LogP contribution < -0.4 is 5.73 Å². The molecule has 0 aliphatic carbocycles. The summed E-state index contributed by atoms with van der Waals surface area (Å²) in [7, 11) is -4.38. The molecule has 0 rings (SSSR count). The summed E-state index contributed by atoms with van der Waals surface area (Å²) >= 11 is 0. The lowest BCUT2D eigenvalue weighted by atomic mass is 10.0. The second kappa shape index (κ2) is 50.1. The number of esters is 2. The third-order valence-corrected chi connectivity index (χ3v) is 12.2. The van der Waals surface area contributed by atoms with Crippen molar-refractivity contribution in [3.63, 3.8) is 0 Å². The molecule has 0 bridgehead atoms. The standard InChI is InChI=1S/C54H98NO8P/c1-3-5-7-9-11-13-15-17-18-19-20-21-22-23-24-25-26-27-28-29-30-31-32-33-34-35-37-39-41-43-45-47-54(57)63-52(51-62-64(58,59)61-49-48-55)50-60-53(56)46-44-42-40-38-36-16-14-12-10-8-6-4-2/h5,7,11,13,17-18,20-21,23-24,52H,3-4,6,8-10,12,14-16,19,22,25-51,55H2,1-2H3,(H,58,59)/b7-5-,13-11-,18-17-,21-20-,24-23-. The van der Waals surface area contributed by atoms with Crippen molar-refractivity contribution in [3.05, 3.63) is 60.8 Å². The number of carbonyl (C=O) groups is 2. The van der Waals surface area contributed by atoms with Gasteiger partial charge in [0.15, 0.2) is 6.10 Å². The summed E-state index contributed by atoms with van der Waals surface area (Å²) in [6.07, 6.45) is 61.3. The maximum absolute atomic E-state index is 12.6. The van der Waals surface area contributed by atoms with Gasteiger partial charge >= 0.3 is 19.8 Å². The molecule has 64 heavy (non-hydrogen) atoms. The fourth-order valence-electron chi connectivity index (χ4n) is 7.31. The number of hydrogen-bond acceptors (Lipinski definition) is 8. The molecule has 0 heterocycles. The van der Waals surface area contributed by atoms with Crippen LogP contribution in [0.15, 0.2) is 60.8 Å². The van der Waals surface area contributed by atoms with Crippen molar-refractivity contribution >= 4 is 19.8 Å². The highest BCUT2D eigenvalue weighted by molar-refractivity contribution is 7.47. The molecule has 0 aliphatic rings. The zero-order chi connectivity index (χ0) is 46.7. The zero-order valence-electron chi connectivity index (χ0n) is 41.3. The summed E-state index contributed by atoms with van der Waals surface area (Å²) in [6.45, 7) is 3.64. The maximum atomic E-state index is 12.6. The van der Waals surface area contributed by atoms with Crippen LogP contribution in [0.1, 0.15) is 239 Å². The monoisotopic (exact) mass is 920 g/mol. The first kappa shape index (κ1) is 61.7. The smallest absolute Gasteiger partial charge is 0.462 e. The van der Waals surface area contributed by atoms with Gasteiger partial charge in [0, 0.05) is 19.4 Å². The van der Waals surface area contributed by atoms with Gasteiger partial charge in [0.2, 0.25) is 0 Å². The van der Waals surface area contributed by atoms with Gasteiger partial charge < -0.3 is 20.1 Å². The van der Waals surface area contributed by atoms with Gasteiger partial charge in [-0.2, -0.15) is 0 Å². The molecular weight excluding hydrogens is 822 g/mol. The number of nitrogens with two attached hydrogens (primary N) is 1. The Morgan fingerprint density at radius 2 is 0.859 bits per heavy atom. The van der Waals surface area contributed by atoms with E-state index in [4.69, 9.17) is 24.3 Å². The van der Waals surface area contributed by atoms with Crippen LogP contribution >= 0.6 is 7.82 Å². The predicted molar refractivity (Wildman–Crippen MR) is 270 cm³/mol. The largest absolute Gasteiger partial charge is 0.472 e. The molecule has 0 amide bonds. The quantitative estimate of drug-likeness (QED) is 0.0265. The SMILES string of the molecule is CC/C=C\C/C=C\C/C=C\C/C=C\C/C=C\CCCCCCCCCCCCCCCCCC(=O)OC(COC(=O)CCCCCCCCCCCCCC)COP(=O)(O)OCCN. The molecule has 0 aromatic heterocycles. The van der Waals surface area contributed by atoms with E-state index in [0.29, 0.717) is 6.42 Å². The fourth-order valence-corrected chi connectivity index (χ4v) is 8.08. The maximum Gasteiger partial charge on any atom is 0.472 e. The number of carbonyl (C=O) groups excluding carboxylic acids is 2. The second-order valence-electron chi connectivity index (χ2n) is 17.4. The Balaban J connectivity index is 3.91.